The number of carbonyl (C=O) groups is 2. The lowest BCUT2D eigenvalue weighted by Crippen LogP contribution is -2.28. The molecule has 5 heteroatoms. The zero-order valence-electron chi connectivity index (χ0n) is 14.0. The minimum Gasteiger partial charge on any atom is -0.326 e. The summed E-state index contributed by atoms with van der Waals surface area (Å²) < 4.78 is 0. The topological polar surface area (TPSA) is 73.2 Å². The van der Waals surface area contributed by atoms with Gasteiger partial charge in [0.1, 0.15) is 0 Å². The molecule has 1 saturated heterocycles. The fraction of sp³-hybridized carbons (Fsp3) is 0.250. The largest absolute Gasteiger partial charge is 0.326 e. The fourth-order valence-corrected chi connectivity index (χ4v) is 2.92. The smallest absolute Gasteiger partial charge is 0.229 e. The summed E-state index contributed by atoms with van der Waals surface area (Å²) in [6.45, 7) is 2.46. The number of rotatable bonds is 4. The maximum absolute atomic E-state index is 12.4. The van der Waals surface area contributed by atoms with E-state index in [2.05, 4.69) is 12.2 Å². The number of anilines is 2. The molecule has 0 saturated carbocycles. The standard InChI is InChI=1S/C20H19N3O2/c1-2-14-5-9-18(10-6-14)23-13-16(11-19(23)24)20(25)22-17-7-3-15(12-21)4-8-17/h3-10,16H,2,11,13H2,1H3,(H,22,25)/t16-/m1/s1. The normalized spacial score (nSPS) is 16.6. The Hall–Kier alpha value is -3.13. The summed E-state index contributed by atoms with van der Waals surface area (Å²) in [7, 11) is 0. The number of hydrogen-bond acceptors (Lipinski definition) is 3. The van der Waals surface area contributed by atoms with Crippen molar-refractivity contribution in [3.05, 3.63) is 59.7 Å². The third-order valence-electron chi connectivity index (χ3n) is 4.43. The summed E-state index contributed by atoms with van der Waals surface area (Å²) in [4.78, 5) is 26.4. The Bertz CT molecular complexity index is 820. The Morgan fingerprint density at radius 3 is 2.48 bits per heavy atom. The van der Waals surface area contributed by atoms with Crippen molar-refractivity contribution in [2.45, 2.75) is 19.8 Å². The lowest BCUT2D eigenvalue weighted by atomic mass is 10.1. The Kier molecular flexibility index (Phi) is 4.80. The molecule has 0 spiro atoms. The van der Waals surface area contributed by atoms with Crippen molar-refractivity contribution in [1.82, 2.24) is 0 Å². The van der Waals surface area contributed by atoms with Crippen LogP contribution in [0.15, 0.2) is 48.5 Å². The first kappa shape index (κ1) is 16.7. The van der Waals surface area contributed by atoms with Gasteiger partial charge in [-0.05, 0) is 48.4 Å². The van der Waals surface area contributed by atoms with Gasteiger partial charge in [0.25, 0.3) is 0 Å². The summed E-state index contributed by atoms with van der Waals surface area (Å²) in [6.07, 6.45) is 1.15. The Labute approximate surface area is 146 Å². The summed E-state index contributed by atoms with van der Waals surface area (Å²) in [5, 5.41) is 11.6. The second kappa shape index (κ2) is 7.18. The van der Waals surface area contributed by atoms with Gasteiger partial charge < -0.3 is 10.2 Å². The highest BCUT2D eigenvalue weighted by Crippen LogP contribution is 2.26. The minimum absolute atomic E-state index is 0.0378. The van der Waals surface area contributed by atoms with Gasteiger partial charge in [-0.1, -0.05) is 19.1 Å². The number of nitriles is 1. The van der Waals surface area contributed by atoms with Crippen molar-refractivity contribution in [2.75, 3.05) is 16.8 Å². The number of hydrogen-bond donors (Lipinski definition) is 1. The van der Waals surface area contributed by atoms with E-state index < -0.39 is 0 Å². The molecule has 2 amide bonds. The van der Waals surface area contributed by atoms with Crippen LogP contribution in [0.2, 0.25) is 0 Å². The highest BCUT2D eigenvalue weighted by molar-refractivity contribution is 6.03. The van der Waals surface area contributed by atoms with Crippen LogP contribution in [-0.4, -0.2) is 18.4 Å². The van der Waals surface area contributed by atoms with E-state index in [0.717, 1.165) is 12.1 Å². The molecule has 126 valence electrons. The number of nitrogens with one attached hydrogen (secondary N) is 1. The molecule has 1 aliphatic rings. The summed E-state index contributed by atoms with van der Waals surface area (Å²) in [5.74, 6) is -0.594. The molecule has 1 atom stereocenters. The van der Waals surface area contributed by atoms with Gasteiger partial charge in [0.05, 0.1) is 17.6 Å². The molecular formula is C20H19N3O2. The van der Waals surface area contributed by atoms with Crippen molar-refractivity contribution in [1.29, 1.82) is 5.26 Å². The molecule has 1 N–H and O–H groups in total. The molecule has 2 aromatic rings. The predicted octanol–water partition coefficient (Wildman–Crippen LogP) is 3.11. The number of carbonyl (C=O) groups excluding carboxylic acids is 2. The van der Waals surface area contributed by atoms with Gasteiger partial charge in [0.2, 0.25) is 11.8 Å². The van der Waals surface area contributed by atoms with Crippen LogP contribution in [0.4, 0.5) is 11.4 Å². The van der Waals surface area contributed by atoms with Gasteiger partial charge in [-0.15, -0.1) is 0 Å². The van der Waals surface area contributed by atoms with Crippen molar-refractivity contribution < 1.29 is 9.59 Å². The summed E-state index contributed by atoms with van der Waals surface area (Å²) in [6, 6.07) is 16.6. The molecule has 0 bridgehead atoms. The van der Waals surface area contributed by atoms with E-state index in [9.17, 15) is 9.59 Å². The van der Waals surface area contributed by atoms with Crippen LogP contribution in [0.1, 0.15) is 24.5 Å². The molecule has 25 heavy (non-hydrogen) atoms. The molecule has 2 aromatic carbocycles. The van der Waals surface area contributed by atoms with Gasteiger partial charge in [-0.3, -0.25) is 9.59 Å². The SMILES string of the molecule is CCc1ccc(N2C[C@H](C(=O)Nc3ccc(C#N)cc3)CC2=O)cc1. The van der Waals surface area contributed by atoms with Crippen LogP contribution in [0.25, 0.3) is 0 Å². The number of benzene rings is 2. The van der Waals surface area contributed by atoms with Crippen molar-refractivity contribution in [3.63, 3.8) is 0 Å². The van der Waals surface area contributed by atoms with E-state index in [1.165, 1.54) is 5.56 Å². The van der Waals surface area contributed by atoms with Crippen LogP contribution in [0.3, 0.4) is 0 Å². The number of amides is 2. The summed E-state index contributed by atoms with van der Waals surface area (Å²) in [5.41, 5.74) is 3.21. The molecule has 0 unspecified atom stereocenters. The van der Waals surface area contributed by atoms with E-state index >= 15 is 0 Å². The molecule has 1 fully saturated rings. The highest BCUT2D eigenvalue weighted by atomic mass is 16.2. The van der Waals surface area contributed by atoms with E-state index in [4.69, 9.17) is 5.26 Å². The van der Waals surface area contributed by atoms with Crippen molar-refractivity contribution in [2.24, 2.45) is 5.92 Å². The zero-order chi connectivity index (χ0) is 17.8. The monoisotopic (exact) mass is 333 g/mol. The highest BCUT2D eigenvalue weighted by Gasteiger charge is 2.35. The van der Waals surface area contributed by atoms with E-state index in [1.807, 2.05) is 30.3 Å². The van der Waals surface area contributed by atoms with E-state index in [0.29, 0.717) is 17.8 Å². The van der Waals surface area contributed by atoms with Crippen molar-refractivity contribution in [3.8, 4) is 6.07 Å². The molecular weight excluding hydrogens is 314 g/mol. The lowest BCUT2D eigenvalue weighted by Gasteiger charge is -2.17. The van der Waals surface area contributed by atoms with Crippen LogP contribution < -0.4 is 10.2 Å². The van der Waals surface area contributed by atoms with E-state index in [-0.39, 0.29) is 24.2 Å². The Morgan fingerprint density at radius 2 is 1.88 bits per heavy atom. The van der Waals surface area contributed by atoms with Gasteiger partial charge in [0, 0.05) is 24.3 Å². The fourth-order valence-electron chi connectivity index (χ4n) is 2.92. The lowest BCUT2D eigenvalue weighted by molar-refractivity contribution is -0.122. The van der Waals surface area contributed by atoms with Crippen LogP contribution >= 0.6 is 0 Å². The van der Waals surface area contributed by atoms with Crippen LogP contribution in [-0.2, 0) is 16.0 Å². The van der Waals surface area contributed by atoms with Crippen LogP contribution in [0.5, 0.6) is 0 Å². The van der Waals surface area contributed by atoms with Crippen LogP contribution in [0, 0.1) is 17.2 Å². The molecule has 0 radical (unpaired) electrons. The Balaban J connectivity index is 1.66. The first-order chi connectivity index (χ1) is 12.1. The van der Waals surface area contributed by atoms with Gasteiger partial charge >= 0.3 is 0 Å². The van der Waals surface area contributed by atoms with Gasteiger partial charge in [-0.2, -0.15) is 5.26 Å². The quantitative estimate of drug-likeness (QED) is 0.934. The van der Waals surface area contributed by atoms with Gasteiger partial charge in [-0.25, -0.2) is 0 Å². The second-order valence-electron chi connectivity index (χ2n) is 6.10. The average Bonchev–Trinajstić information content (AvgIpc) is 3.04. The maximum atomic E-state index is 12.4. The van der Waals surface area contributed by atoms with Crippen molar-refractivity contribution >= 4 is 23.2 Å². The Morgan fingerprint density at radius 1 is 1.20 bits per heavy atom. The average molecular weight is 333 g/mol. The summed E-state index contributed by atoms with van der Waals surface area (Å²) >= 11 is 0. The predicted molar refractivity (Wildman–Crippen MR) is 96.1 cm³/mol. The zero-order valence-corrected chi connectivity index (χ0v) is 14.0. The number of aryl methyl sites for hydroxylation is 1. The molecule has 1 aliphatic heterocycles. The maximum Gasteiger partial charge on any atom is 0.229 e. The first-order valence-corrected chi connectivity index (χ1v) is 8.31. The number of nitrogens with zero attached hydrogens (tertiary/aromatic N) is 2. The van der Waals surface area contributed by atoms with E-state index in [1.54, 1.807) is 29.2 Å². The second-order valence-corrected chi connectivity index (χ2v) is 6.10. The van der Waals surface area contributed by atoms with Gasteiger partial charge in [0.15, 0.2) is 0 Å². The first-order valence-electron chi connectivity index (χ1n) is 8.31. The minimum atomic E-state index is -0.381. The third kappa shape index (κ3) is 3.69. The third-order valence-corrected chi connectivity index (χ3v) is 4.43. The molecule has 1 heterocycles. The molecule has 0 aliphatic carbocycles. The molecule has 0 aromatic heterocycles. The molecule has 5 nitrogen and oxygen atoms in total. The molecule has 3 rings (SSSR count).